The highest BCUT2D eigenvalue weighted by molar-refractivity contribution is 5.90. The van der Waals surface area contributed by atoms with Crippen molar-refractivity contribution in [2.75, 3.05) is 13.6 Å². The van der Waals surface area contributed by atoms with Crippen LogP contribution in [0.1, 0.15) is 76.9 Å². The maximum absolute atomic E-state index is 13.6. The van der Waals surface area contributed by atoms with E-state index in [-0.39, 0.29) is 30.2 Å². The van der Waals surface area contributed by atoms with E-state index in [0.717, 1.165) is 5.56 Å². The quantitative estimate of drug-likeness (QED) is 0.613. The van der Waals surface area contributed by atoms with Crippen LogP contribution in [0.4, 0.5) is 0 Å². The molecular weight excluding hydrogens is 434 g/mol. The summed E-state index contributed by atoms with van der Waals surface area (Å²) in [5.74, 6) is -0.635. The first-order valence-electron chi connectivity index (χ1n) is 11.6. The highest BCUT2D eigenvalue weighted by Crippen LogP contribution is 2.35. The number of nitrogens with zero attached hydrogens (tertiary/aromatic N) is 4. The maximum Gasteiger partial charge on any atom is 0.248 e. The van der Waals surface area contributed by atoms with Gasteiger partial charge < -0.3 is 20.4 Å². The summed E-state index contributed by atoms with van der Waals surface area (Å²) in [5.41, 5.74) is 1.60. The van der Waals surface area contributed by atoms with Gasteiger partial charge in [-0.15, -0.1) is 5.10 Å². The summed E-state index contributed by atoms with van der Waals surface area (Å²) in [6, 6.07) is 6.20. The van der Waals surface area contributed by atoms with Crippen LogP contribution in [0.5, 0.6) is 0 Å². The number of rotatable bonds is 5. The standard InChI is InChI=1S/C25H37N5O4/c1-24(2,3)16-10-8-15(9-11-16)20(32)18-14-30(28-27-18)21(25(4,5)6)23(34)29-13-17(31)12-19(29)22(33)26-7/h8-11,14,17,19-21,31-32H,12-13H2,1-7H3,(H,26,33)/t17-,19+,20?,21+/m0/s1. The summed E-state index contributed by atoms with van der Waals surface area (Å²) in [4.78, 5) is 27.4. The lowest BCUT2D eigenvalue weighted by Gasteiger charge is -2.34. The van der Waals surface area contributed by atoms with E-state index in [1.807, 2.05) is 45.0 Å². The number of carbonyl (C=O) groups excluding carboxylic acids is 2. The SMILES string of the molecule is CNC(=O)[C@H]1C[C@H](O)CN1C(=O)[C@@H](n1cc(C(O)c2ccc(C(C)(C)C)cc2)nn1)C(C)(C)C. The maximum atomic E-state index is 13.6. The van der Waals surface area contributed by atoms with Crippen LogP contribution >= 0.6 is 0 Å². The Labute approximate surface area is 201 Å². The Hall–Kier alpha value is -2.78. The molecule has 1 fully saturated rings. The normalized spacial score (nSPS) is 20.8. The number of amides is 2. The Morgan fingerprint density at radius 2 is 1.74 bits per heavy atom. The molecule has 4 atom stereocenters. The number of hydrogen-bond donors (Lipinski definition) is 3. The molecule has 9 heteroatoms. The second kappa shape index (κ2) is 9.46. The highest BCUT2D eigenvalue weighted by atomic mass is 16.3. The molecule has 1 aromatic carbocycles. The predicted molar refractivity (Wildman–Crippen MR) is 128 cm³/mol. The fourth-order valence-electron chi connectivity index (χ4n) is 4.39. The zero-order valence-corrected chi connectivity index (χ0v) is 21.1. The monoisotopic (exact) mass is 471 g/mol. The molecule has 0 bridgehead atoms. The fourth-order valence-corrected chi connectivity index (χ4v) is 4.39. The summed E-state index contributed by atoms with van der Waals surface area (Å²) < 4.78 is 1.45. The minimum atomic E-state index is -0.995. The van der Waals surface area contributed by atoms with Gasteiger partial charge in [-0.05, 0) is 22.0 Å². The van der Waals surface area contributed by atoms with Gasteiger partial charge in [0, 0.05) is 20.0 Å². The van der Waals surface area contributed by atoms with Crippen molar-refractivity contribution in [3.05, 3.63) is 47.3 Å². The third kappa shape index (κ3) is 5.31. The number of aromatic nitrogens is 3. The van der Waals surface area contributed by atoms with E-state index >= 15 is 0 Å². The van der Waals surface area contributed by atoms with Gasteiger partial charge in [-0.3, -0.25) is 9.59 Å². The summed E-state index contributed by atoms with van der Waals surface area (Å²) >= 11 is 0. The summed E-state index contributed by atoms with van der Waals surface area (Å²) in [7, 11) is 1.51. The molecule has 9 nitrogen and oxygen atoms in total. The number of hydrogen-bond acceptors (Lipinski definition) is 6. The molecule has 2 aromatic rings. The third-order valence-corrected chi connectivity index (χ3v) is 6.33. The first kappa shape index (κ1) is 25.8. The van der Waals surface area contributed by atoms with Crippen molar-refractivity contribution in [1.82, 2.24) is 25.2 Å². The van der Waals surface area contributed by atoms with E-state index in [1.165, 1.54) is 16.6 Å². The molecule has 3 rings (SSSR count). The molecule has 34 heavy (non-hydrogen) atoms. The first-order valence-corrected chi connectivity index (χ1v) is 11.6. The molecule has 1 saturated heterocycles. The Morgan fingerprint density at radius 3 is 2.26 bits per heavy atom. The predicted octanol–water partition coefficient (Wildman–Crippen LogP) is 1.95. The van der Waals surface area contributed by atoms with Crippen molar-refractivity contribution >= 4 is 11.8 Å². The average molecular weight is 472 g/mol. The van der Waals surface area contributed by atoms with Crippen LogP contribution < -0.4 is 5.32 Å². The third-order valence-electron chi connectivity index (χ3n) is 6.33. The summed E-state index contributed by atoms with van der Waals surface area (Å²) in [6.07, 6.45) is 0.00732. The molecule has 1 aliphatic heterocycles. The van der Waals surface area contributed by atoms with E-state index in [4.69, 9.17) is 0 Å². The minimum Gasteiger partial charge on any atom is -0.391 e. The van der Waals surface area contributed by atoms with Crippen molar-refractivity contribution in [1.29, 1.82) is 0 Å². The Morgan fingerprint density at radius 1 is 1.12 bits per heavy atom. The number of aliphatic hydroxyl groups is 2. The van der Waals surface area contributed by atoms with Gasteiger partial charge in [0.1, 0.15) is 23.9 Å². The van der Waals surface area contributed by atoms with E-state index in [0.29, 0.717) is 11.3 Å². The molecule has 186 valence electrons. The lowest BCUT2D eigenvalue weighted by molar-refractivity contribution is -0.144. The molecule has 1 aliphatic rings. The van der Waals surface area contributed by atoms with Crippen molar-refractivity contribution in [2.24, 2.45) is 5.41 Å². The number of benzene rings is 1. The Balaban J connectivity index is 1.89. The number of carbonyl (C=O) groups is 2. The van der Waals surface area contributed by atoms with Crippen molar-refractivity contribution in [3.63, 3.8) is 0 Å². The number of likely N-dealkylation sites (N-methyl/N-ethyl adjacent to an activating group) is 1. The Bertz CT molecular complexity index is 1020. The van der Waals surface area contributed by atoms with Gasteiger partial charge in [-0.1, -0.05) is 71.0 Å². The van der Waals surface area contributed by atoms with E-state index < -0.39 is 29.7 Å². The van der Waals surface area contributed by atoms with Gasteiger partial charge in [-0.25, -0.2) is 4.68 Å². The molecule has 1 aromatic heterocycles. The van der Waals surface area contributed by atoms with Crippen LogP contribution in [0.25, 0.3) is 0 Å². The number of nitrogens with one attached hydrogen (secondary N) is 1. The lowest BCUT2D eigenvalue weighted by Crippen LogP contribution is -2.49. The fraction of sp³-hybridized carbons (Fsp3) is 0.600. The van der Waals surface area contributed by atoms with Gasteiger partial charge in [0.2, 0.25) is 11.8 Å². The molecule has 0 radical (unpaired) electrons. The molecule has 0 saturated carbocycles. The van der Waals surface area contributed by atoms with Crippen molar-refractivity contribution in [3.8, 4) is 0 Å². The van der Waals surface area contributed by atoms with E-state index in [9.17, 15) is 19.8 Å². The van der Waals surface area contributed by atoms with Gasteiger partial charge in [0.15, 0.2) is 0 Å². The highest BCUT2D eigenvalue weighted by Gasteiger charge is 2.45. The molecule has 3 N–H and O–H groups in total. The van der Waals surface area contributed by atoms with Crippen LogP contribution in [0.3, 0.4) is 0 Å². The first-order chi connectivity index (χ1) is 15.7. The number of β-amino-alcohol motifs (C(OH)–C–C–N with tert-alkyl or cyclic N) is 1. The molecular formula is C25H37N5O4. The second-order valence-electron chi connectivity index (χ2n) is 11.2. The largest absolute Gasteiger partial charge is 0.391 e. The van der Waals surface area contributed by atoms with Crippen molar-refractivity contribution < 1.29 is 19.8 Å². The summed E-state index contributed by atoms with van der Waals surface area (Å²) in [5, 5.41) is 32.0. The zero-order chi connectivity index (χ0) is 25.4. The van der Waals surface area contributed by atoms with Crippen LogP contribution in [-0.4, -0.2) is 67.7 Å². The number of likely N-dealkylation sites (tertiary alicyclic amines) is 1. The molecule has 2 heterocycles. The smallest absolute Gasteiger partial charge is 0.248 e. The molecule has 1 unspecified atom stereocenters. The van der Waals surface area contributed by atoms with Gasteiger partial charge in [-0.2, -0.15) is 0 Å². The van der Waals surface area contributed by atoms with Gasteiger partial charge in [0.25, 0.3) is 0 Å². The van der Waals surface area contributed by atoms with Gasteiger partial charge in [0.05, 0.1) is 12.3 Å². The van der Waals surface area contributed by atoms with Crippen LogP contribution in [0.2, 0.25) is 0 Å². The zero-order valence-electron chi connectivity index (χ0n) is 21.1. The number of aliphatic hydroxyl groups excluding tert-OH is 2. The van der Waals surface area contributed by atoms with Crippen LogP contribution in [0.15, 0.2) is 30.5 Å². The van der Waals surface area contributed by atoms with E-state index in [1.54, 1.807) is 6.20 Å². The van der Waals surface area contributed by atoms with Crippen molar-refractivity contribution in [2.45, 2.75) is 77.7 Å². The second-order valence-corrected chi connectivity index (χ2v) is 11.2. The van der Waals surface area contributed by atoms with Crippen LogP contribution in [0, 0.1) is 5.41 Å². The van der Waals surface area contributed by atoms with Crippen LogP contribution in [-0.2, 0) is 15.0 Å². The Kier molecular flexibility index (Phi) is 7.19. The average Bonchev–Trinajstić information content (AvgIpc) is 3.38. The summed E-state index contributed by atoms with van der Waals surface area (Å²) in [6.45, 7) is 12.2. The topological polar surface area (TPSA) is 121 Å². The minimum absolute atomic E-state index is 0.00257. The molecule has 0 spiro atoms. The molecule has 2 amide bonds. The van der Waals surface area contributed by atoms with Gasteiger partial charge >= 0.3 is 0 Å². The lowest BCUT2D eigenvalue weighted by atomic mass is 9.85. The molecule has 0 aliphatic carbocycles. The van der Waals surface area contributed by atoms with E-state index in [2.05, 4.69) is 36.4 Å².